The summed E-state index contributed by atoms with van der Waals surface area (Å²) in [5, 5.41) is 4.23. The molecule has 0 unspecified atom stereocenters. The summed E-state index contributed by atoms with van der Waals surface area (Å²) in [5.41, 5.74) is 7.54. The number of nitrogen functional groups attached to an aromatic ring is 1. The molecule has 0 radical (unpaired) electrons. The molecular formula is C12H14FN3. The van der Waals surface area contributed by atoms with E-state index in [1.165, 1.54) is 6.07 Å². The van der Waals surface area contributed by atoms with Gasteiger partial charge in [-0.3, -0.25) is 4.68 Å². The SMILES string of the molecule is CC(C)n1nccc1-c1ccc(F)c(N)c1. The van der Waals surface area contributed by atoms with Crippen molar-refractivity contribution in [3.05, 3.63) is 36.3 Å². The van der Waals surface area contributed by atoms with Crippen molar-refractivity contribution in [2.75, 3.05) is 5.73 Å². The number of nitrogens with two attached hydrogens (primary N) is 1. The molecule has 2 aromatic rings. The lowest BCUT2D eigenvalue weighted by molar-refractivity contribution is 0.538. The lowest BCUT2D eigenvalue weighted by Gasteiger charge is -2.11. The zero-order valence-electron chi connectivity index (χ0n) is 9.31. The topological polar surface area (TPSA) is 43.8 Å². The predicted molar refractivity (Wildman–Crippen MR) is 62.4 cm³/mol. The Morgan fingerprint density at radius 1 is 1.31 bits per heavy atom. The minimum atomic E-state index is -0.389. The first-order valence-corrected chi connectivity index (χ1v) is 5.18. The monoisotopic (exact) mass is 219 g/mol. The Bertz CT molecular complexity index is 503. The predicted octanol–water partition coefficient (Wildman–Crippen LogP) is 2.85. The van der Waals surface area contributed by atoms with E-state index >= 15 is 0 Å². The van der Waals surface area contributed by atoms with Crippen molar-refractivity contribution in [1.82, 2.24) is 9.78 Å². The fourth-order valence-corrected chi connectivity index (χ4v) is 1.66. The lowest BCUT2D eigenvalue weighted by Crippen LogP contribution is -2.04. The van der Waals surface area contributed by atoms with Crippen molar-refractivity contribution in [3.8, 4) is 11.3 Å². The number of halogens is 1. The van der Waals surface area contributed by atoms with Gasteiger partial charge in [0.2, 0.25) is 0 Å². The average molecular weight is 219 g/mol. The molecule has 16 heavy (non-hydrogen) atoms. The van der Waals surface area contributed by atoms with E-state index in [0.29, 0.717) is 0 Å². The fourth-order valence-electron chi connectivity index (χ4n) is 1.66. The van der Waals surface area contributed by atoms with Gasteiger partial charge in [-0.15, -0.1) is 0 Å². The molecule has 0 amide bonds. The van der Waals surface area contributed by atoms with Crippen LogP contribution in [0.25, 0.3) is 11.3 Å². The first kappa shape index (κ1) is 10.7. The van der Waals surface area contributed by atoms with Gasteiger partial charge in [0, 0.05) is 17.8 Å². The van der Waals surface area contributed by atoms with Gasteiger partial charge in [-0.05, 0) is 38.1 Å². The summed E-state index contributed by atoms with van der Waals surface area (Å²) in [4.78, 5) is 0. The van der Waals surface area contributed by atoms with Crippen LogP contribution in [0.3, 0.4) is 0 Å². The maximum atomic E-state index is 13.1. The summed E-state index contributed by atoms with van der Waals surface area (Å²) in [5.74, 6) is -0.389. The van der Waals surface area contributed by atoms with E-state index in [0.717, 1.165) is 11.3 Å². The molecule has 0 saturated carbocycles. The van der Waals surface area contributed by atoms with Gasteiger partial charge < -0.3 is 5.73 Å². The summed E-state index contributed by atoms with van der Waals surface area (Å²) in [6.45, 7) is 4.09. The van der Waals surface area contributed by atoms with Gasteiger partial charge in [0.1, 0.15) is 5.82 Å². The maximum Gasteiger partial charge on any atom is 0.146 e. The minimum absolute atomic E-state index is 0.161. The second-order valence-electron chi connectivity index (χ2n) is 3.99. The zero-order valence-corrected chi connectivity index (χ0v) is 9.31. The van der Waals surface area contributed by atoms with Gasteiger partial charge in [-0.2, -0.15) is 5.10 Å². The second kappa shape index (κ2) is 3.96. The van der Waals surface area contributed by atoms with Crippen molar-refractivity contribution in [1.29, 1.82) is 0 Å². The van der Waals surface area contributed by atoms with E-state index in [9.17, 15) is 4.39 Å². The number of aromatic nitrogens is 2. The van der Waals surface area contributed by atoms with Crippen molar-refractivity contribution in [3.63, 3.8) is 0 Å². The molecule has 0 spiro atoms. The lowest BCUT2D eigenvalue weighted by atomic mass is 10.1. The van der Waals surface area contributed by atoms with Gasteiger partial charge in [0.15, 0.2) is 0 Å². The molecule has 1 aromatic carbocycles. The van der Waals surface area contributed by atoms with Crippen molar-refractivity contribution < 1.29 is 4.39 Å². The quantitative estimate of drug-likeness (QED) is 0.789. The molecule has 0 bridgehead atoms. The molecule has 0 aliphatic carbocycles. The maximum absolute atomic E-state index is 13.1. The summed E-state index contributed by atoms with van der Waals surface area (Å²) in [6, 6.07) is 6.87. The van der Waals surface area contributed by atoms with Gasteiger partial charge >= 0.3 is 0 Å². The third-order valence-corrected chi connectivity index (χ3v) is 2.45. The third kappa shape index (κ3) is 1.78. The van der Waals surface area contributed by atoms with E-state index in [1.807, 2.05) is 24.6 Å². The molecular weight excluding hydrogens is 205 g/mol. The molecule has 1 aromatic heterocycles. The summed E-state index contributed by atoms with van der Waals surface area (Å²) in [6.07, 6.45) is 1.73. The second-order valence-corrected chi connectivity index (χ2v) is 3.99. The molecule has 3 nitrogen and oxygen atoms in total. The first-order valence-electron chi connectivity index (χ1n) is 5.18. The van der Waals surface area contributed by atoms with Crippen molar-refractivity contribution in [2.24, 2.45) is 0 Å². The number of hydrogen-bond acceptors (Lipinski definition) is 2. The standard InChI is InChI=1S/C12H14FN3/c1-8(2)16-12(5-6-15-16)9-3-4-10(13)11(14)7-9/h3-8H,14H2,1-2H3. The number of anilines is 1. The molecule has 0 atom stereocenters. The minimum Gasteiger partial charge on any atom is -0.396 e. The van der Waals surface area contributed by atoms with Crippen LogP contribution < -0.4 is 5.73 Å². The van der Waals surface area contributed by atoms with Crippen LogP contribution in [0.15, 0.2) is 30.5 Å². The van der Waals surface area contributed by atoms with E-state index in [4.69, 9.17) is 5.73 Å². The largest absolute Gasteiger partial charge is 0.396 e. The molecule has 2 N–H and O–H groups in total. The highest BCUT2D eigenvalue weighted by atomic mass is 19.1. The van der Waals surface area contributed by atoms with Crippen molar-refractivity contribution >= 4 is 5.69 Å². The summed E-state index contributed by atoms with van der Waals surface area (Å²) < 4.78 is 14.9. The molecule has 2 rings (SSSR count). The van der Waals surface area contributed by atoms with E-state index in [-0.39, 0.29) is 17.5 Å². The van der Waals surface area contributed by atoms with Crippen LogP contribution in [0.4, 0.5) is 10.1 Å². The molecule has 0 fully saturated rings. The Balaban J connectivity index is 2.50. The highest BCUT2D eigenvalue weighted by Crippen LogP contribution is 2.24. The molecule has 84 valence electrons. The van der Waals surface area contributed by atoms with Crippen LogP contribution >= 0.6 is 0 Å². The van der Waals surface area contributed by atoms with Crippen molar-refractivity contribution in [2.45, 2.75) is 19.9 Å². The Morgan fingerprint density at radius 2 is 2.06 bits per heavy atom. The smallest absolute Gasteiger partial charge is 0.146 e. The summed E-state index contributed by atoms with van der Waals surface area (Å²) in [7, 11) is 0. The number of benzene rings is 1. The number of rotatable bonds is 2. The Hall–Kier alpha value is -1.84. The molecule has 4 heteroatoms. The zero-order chi connectivity index (χ0) is 11.7. The Labute approximate surface area is 93.7 Å². The first-order chi connectivity index (χ1) is 7.59. The third-order valence-electron chi connectivity index (χ3n) is 2.45. The van der Waals surface area contributed by atoms with E-state index in [2.05, 4.69) is 5.10 Å². The fraction of sp³-hybridized carbons (Fsp3) is 0.250. The highest BCUT2D eigenvalue weighted by molar-refractivity contribution is 5.64. The average Bonchev–Trinajstić information content (AvgIpc) is 2.71. The van der Waals surface area contributed by atoms with Gasteiger partial charge in [-0.1, -0.05) is 0 Å². The van der Waals surface area contributed by atoms with Crippen LogP contribution in [0.1, 0.15) is 19.9 Å². The van der Waals surface area contributed by atoms with Gasteiger partial charge in [-0.25, -0.2) is 4.39 Å². The normalized spacial score (nSPS) is 11.0. The van der Waals surface area contributed by atoms with Gasteiger partial charge in [0.25, 0.3) is 0 Å². The van der Waals surface area contributed by atoms with Crippen LogP contribution in [0.5, 0.6) is 0 Å². The van der Waals surface area contributed by atoms with E-state index in [1.54, 1.807) is 18.3 Å². The molecule has 0 aliphatic heterocycles. The highest BCUT2D eigenvalue weighted by Gasteiger charge is 2.09. The number of hydrogen-bond donors (Lipinski definition) is 1. The Morgan fingerprint density at radius 3 is 2.69 bits per heavy atom. The van der Waals surface area contributed by atoms with Crippen LogP contribution in [0.2, 0.25) is 0 Å². The van der Waals surface area contributed by atoms with E-state index < -0.39 is 0 Å². The molecule has 1 heterocycles. The molecule has 0 saturated heterocycles. The summed E-state index contributed by atoms with van der Waals surface area (Å²) >= 11 is 0. The Kier molecular flexibility index (Phi) is 2.64. The van der Waals surface area contributed by atoms with Crippen LogP contribution in [-0.4, -0.2) is 9.78 Å². The number of nitrogens with zero attached hydrogens (tertiary/aromatic N) is 2. The van der Waals surface area contributed by atoms with Crippen LogP contribution in [0, 0.1) is 5.82 Å². The van der Waals surface area contributed by atoms with Gasteiger partial charge in [0.05, 0.1) is 11.4 Å². The molecule has 0 aliphatic rings. The van der Waals surface area contributed by atoms with Crippen LogP contribution in [-0.2, 0) is 0 Å².